The van der Waals surface area contributed by atoms with Crippen molar-refractivity contribution in [1.82, 2.24) is 0 Å². The first-order valence-corrected chi connectivity index (χ1v) is 10.9. The minimum atomic E-state index is -0.321. The van der Waals surface area contributed by atoms with E-state index in [1.807, 2.05) is 6.08 Å². The van der Waals surface area contributed by atoms with Crippen LogP contribution in [0, 0.1) is 11.8 Å². The average Bonchev–Trinajstić information content (AvgIpc) is 3.50. The monoisotopic (exact) mass is 376 g/mol. The summed E-state index contributed by atoms with van der Waals surface area (Å²) >= 11 is 0. The van der Waals surface area contributed by atoms with Crippen molar-refractivity contribution in [3.63, 3.8) is 0 Å². The van der Waals surface area contributed by atoms with Crippen molar-refractivity contribution in [2.24, 2.45) is 11.8 Å². The number of aliphatic hydroxyl groups is 1. The Morgan fingerprint density at radius 1 is 1.04 bits per heavy atom. The first kappa shape index (κ1) is 23.7. The normalized spacial score (nSPS) is 17.1. The van der Waals surface area contributed by atoms with Crippen LogP contribution >= 0.6 is 0 Å². The number of aliphatic hydroxyl groups excluding tert-OH is 1. The van der Waals surface area contributed by atoms with Crippen LogP contribution in [0.4, 0.5) is 0 Å². The molecule has 0 radical (unpaired) electrons. The van der Waals surface area contributed by atoms with Crippen LogP contribution in [0.2, 0.25) is 0 Å². The molecule has 0 heterocycles. The topological polar surface area (TPSA) is 46.5 Å². The third-order valence-corrected chi connectivity index (χ3v) is 5.23. The highest BCUT2D eigenvalue weighted by atomic mass is 16.5. The molecule has 154 valence electrons. The smallest absolute Gasteiger partial charge is 0.305 e. The van der Waals surface area contributed by atoms with E-state index in [1.165, 1.54) is 45.6 Å². The third-order valence-electron chi connectivity index (χ3n) is 5.23. The van der Waals surface area contributed by atoms with Crippen molar-refractivity contribution in [1.29, 1.82) is 0 Å². The summed E-state index contributed by atoms with van der Waals surface area (Å²) in [4.78, 5) is 11.0. The molecule has 1 saturated carbocycles. The van der Waals surface area contributed by atoms with E-state index in [2.05, 4.69) is 42.0 Å². The highest BCUT2D eigenvalue weighted by Gasteiger charge is 2.34. The van der Waals surface area contributed by atoms with Crippen molar-refractivity contribution in [3.8, 4) is 0 Å². The van der Waals surface area contributed by atoms with Gasteiger partial charge in [-0.15, -0.1) is 0 Å². The summed E-state index contributed by atoms with van der Waals surface area (Å²) < 4.78 is 4.62. The fourth-order valence-electron chi connectivity index (χ4n) is 3.37. The number of carbonyl (C=O) groups excluding carboxylic acids is 1. The molecular formula is C24H40O3. The average molecular weight is 377 g/mol. The van der Waals surface area contributed by atoms with E-state index in [0.29, 0.717) is 18.3 Å². The molecule has 3 heteroatoms. The lowest BCUT2D eigenvalue weighted by molar-refractivity contribution is -0.140. The number of rotatable bonds is 16. The van der Waals surface area contributed by atoms with E-state index in [4.69, 9.17) is 0 Å². The molecule has 0 unspecified atom stereocenters. The SMILES string of the molecule is CCCCCC=CCC[C@H](C1CC1)[C@H](O)C=CCC=CCCCC(=O)OC. The molecule has 0 amide bonds. The van der Waals surface area contributed by atoms with Gasteiger partial charge in [0.1, 0.15) is 0 Å². The molecule has 0 aromatic heterocycles. The van der Waals surface area contributed by atoms with Crippen molar-refractivity contribution in [3.05, 3.63) is 36.5 Å². The largest absolute Gasteiger partial charge is 0.469 e. The molecule has 1 rings (SSSR count). The van der Waals surface area contributed by atoms with Gasteiger partial charge in [-0.3, -0.25) is 4.79 Å². The Morgan fingerprint density at radius 2 is 1.74 bits per heavy atom. The standard InChI is InChI=1S/C24H40O3/c1-3-4-5-6-7-10-13-16-22(21-19-20-21)23(25)17-14-11-8-9-12-15-18-24(26)27-2/h7-10,14,17,21-23,25H,3-6,11-13,15-16,18-20H2,1-2H3/t22-,23-/m1/s1. The summed E-state index contributed by atoms with van der Waals surface area (Å²) in [5.74, 6) is 0.978. The van der Waals surface area contributed by atoms with E-state index >= 15 is 0 Å². The number of methoxy groups -OCH3 is 1. The zero-order valence-corrected chi connectivity index (χ0v) is 17.4. The van der Waals surface area contributed by atoms with Gasteiger partial charge in [0.15, 0.2) is 0 Å². The van der Waals surface area contributed by atoms with E-state index < -0.39 is 0 Å². The van der Waals surface area contributed by atoms with Crippen LogP contribution in [0.25, 0.3) is 0 Å². The second kappa shape index (κ2) is 15.7. The number of esters is 1. The predicted molar refractivity (Wildman–Crippen MR) is 114 cm³/mol. The highest BCUT2D eigenvalue weighted by Crippen LogP contribution is 2.41. The van der Waals surface area contributed by atoms with Crippen LogP contribution in [0.3, 0.4) is 0 Å². The van der Waals surface area contributed by atoms with Gasteiger partial charge in [0, 0.05) is 6.42 Å². The zero-order chi connectivity index (χ0) is 19.7. The minimum absolute atomic E-state index is 0.145. The summed E-state index contributed by atoms with van der Waals surface area (Å²) in [6.45, 7) is 2.24. The van der Waals surface area contributed by atoms with Crippen LogP contribution in [0.1, 0.15) is 84.0 Å². The first-order valence-electron chi connectivity index (χ1n) is 10.9. The molecule has 27 heavy (non-hydrogen) atoms. The molecule has 1 fully saturated rings. The predicted octanol–water partition coefficient (Wildman–Crippen LogP) is 6.14. The Labute approximate surface area is 166 Å². The number of allylic oxidation sites excluding steroid dienone is 5. The number of hydrogen-bond donors (Lipinski definition) is 1. The van der Waals surface area contributed by atoms with Crippen LogP contribution in [0.5, 0.6) is 0 Å². The maximum absolute atomic E-state index is 11.0. The van der Waals surface area contributed by atoms with Gasteiger partial charge in [0.05, 0.1) is 13.2 Å². The van der Waals surface area contributed by atoms with E-state index in [9.17, 15) is 9.90 Å². The maximum Gasteiger partial charge on any atom is 0.305 e. The Kier molecular flexibility index (Phi) is 13.8. The number of ether oxygens (including phenoxy) is 1. The number of carbonyl (C=O) groups is 1. The van der Waals surface area contributed by atoms with Crippen molar-refractivity contribution < 1.29 is 14.6 Å². The van der Waals surface area contributed by atoms with Gasteiger partial charge >= 0.3 is 5.97 Å². The van der Waals surface area contributed by atoms with Crippen LogP contribution in [0.15, 0.2) is 36.5 Å². The molecular weight excluding hydrogens is 336 g/mol. The van der Waals surface area contributed by atoms with E-state index in [0.717, 1.165) is 32.1 Å². The van der Waals surface area contributed by atoms with Gasteiger partial charge in [0.2, 0.25) is 0 Å². The molecule has 1 aliphatic rings. The molecule has 0 spiro atoms. The van der Waals surface area contributed by atoms with Gasteiger partial charge in [-0.2, -0.15) is 0 Å². The third kappa shape index (κ3) is 12.6. The van der Waals surface area contributed by atoms with Gasteiger partial charge in [-0.25, -0.2) is 0 Å². The quantitative estimate of drug-likeness (QED) is 0.200. The van der Waals surface area contributed by atoms with E-state index in [-0.39, 0.29) is 12.1 Å². The lowest BCUT2D eigenvalue weighted by atomic mass is 9.91. The summed E-state index contributed by atoms with van der Waals surface area (Å²) in [6.07, 6.45) is 25.4. The second-order valence-electron chi connectivity index (χ2n) is 7.64. The summed E-state index contributed by atoms with van der Waals surface area (Å²) in [6, 6.07) is 0. The van der Waals surface area contributed by atoms with Crippen LogP contribution in [-0.2, 0) is 9.53 Å². The molecule has 0 aromatic rings. The Bertz CT molecular complexity index is 460. The zero-order valence-electron chi connectivity index (χ0n) is 17.4. The lowest BCUT2D eigenvalue weighted by Crippen LogP contribution is -2.20. The number of unbranched alkanes of at least 4 members (excludes halogenated alkanes) is 4. The summed E-state index contributed by atoms with van der Waals surface area (Å²) in [5.41, 5.74) is 0. The van der Waals surface area contributed by atoms with Gasteiger partial charge in [-0.05, 0) is 69.6 Å². The fourth-order valence-corrected chi connectivity index (χ4v) is 3.37. The maximum atomic E-state index is 11.0. The second-order valence-corrected chi connectivity index (χ2v) is 7.64. The lowest BCUT2D eigenvalue weighted by Gasteiger charge is -2.19. The summed E-state index contributed by atoms with van der Waals surface area (Å²) in [5, 5.41) is 10.5. The van der Waals surface area contributed by atoms with Gasteiger partial charge < -0.3 is 9.84 Å². The van der Waals surface area contributed by atoms with E-state index in [1.54, 1.807) is 0 Å². The molecule has 1 N–H and O–H groups in total. The highest BCUT2D eigenvalue weighted by molar-refractivity contribution is 5.69. The van der Waals surface area contributed by atoms with Crippen LogP contribution < -0.4 is 0 Å². The fraction of sp³-hybridized carbons (Fsp3) is 0.708. The van der Waals surface area contributed by atoms with Gasteiger partial charge in [-0.1, -0.05) is 56.2 Å². The molecule has 0 saturated heterocycles. The van der Waals surface area contributed by atoms with Crippen molar-refractivity contribution >= 4 is 5.97 Å². The molecule has 0 aromatic carbocycles. The van der Waals surface area contributed by atoms with Crippen molar-refractivity contribution in [2.75, 3.05) is 7.11 Å². The number of hydrogen-bond acceptors (Lipinski definition) is 3. The van der Waals surface area contributed by atoms with Crippen molar-refractivity contribution in [2.45, 2.75) is 90.1 Å². The molecule has 0 aliphatic heterocycles. The minimum Gasteiger partial charge on any atom is -0.469 e. The molecule has 2 atom stereocenters. The summed E-state index contributed by atoms with van der Waals surface area (Å²) in [7, 11) is 1.42. The van der Waals surface area contributed by atoms with Gasteiger partial charge in [0.25, 0.3) is 0 Å². The Morgan fingerprint density at radius 3 is 2.44 bits per heavy atom. The first-order chi connectivity index (χ1) is 13.2. The molecule has 0 bridgehead atoms. The van der Waals surface area contributed by atoms with Crippen LogP contribution in [-0.4, -0.2) is 24.3 Å². The molecule has 3 nitrogen and oxygen atoms in total. The Balaban J connectivity index is 2.19. The Hall–Kier alpha value is -1.35. The molecule has 1 aliphatic carbocycles.